The summed E-state index contributed by atoms with van der Waals surface area (Å²) in [5.41, 5.74) is 0. The molecule has 1 heterocycles. The first kappa shape index (κ1) is 31.9. The van der Waals surface area contributed by atoms with Crippen molar-refractivity contribution in [1.82, 2.24) is 14.7 Å². The lowest BCUT2D eigenvalue weighted by Crippen LogP contribution is -2.56. The molecule has 4 aliphatic rings. The molecule has 3 unspecified atom stereocenters. The summed E-state index contributed by atoms with van der Waals surface area (Å²) in [5, 5.41) is 0. The molecule has 0 spiro atoms. The van der Waals surface area contributed by atoms with Gasteiger partial charge in [0.15, 0.2) is 0 Å². The molecule has 4 rings (SSSR count). The van der Waals surface area contributed by atoms with Gasteiger partial charge in [0, 0.05) is 38.8 Å². The average molecular weight is 582 g/mol. The van der Waals surface area contributed by atoms with Crippen LogP contribution in [-0.4, -0.2) is 84.8 Å². The van der Waals surface area contributed by atoms with Crippen LogP contribution in [0.2, 0.25) is 0 Å². The molecule has 0 aromatic carbocycles. The summed E-state index contributed by atoms with van der Waals surface area (Å²) < 4.78 is 80.7. The molecule has 40 heavy (non-hydrogen) atoms. The molecule has 232 valence electrons. The number of likely N-dealkylation sites (tertiary alicyclic amines) is 1. The predicted octanol–water partition coefficient (Wildman–Crippen LogP) is 7.28. The van der Waals surface area contributed by atoms with Gasteiger partial charge in [-0.2, -0.15) is 26.3 Å². The highest BCUT2D eigenvalue weighted by atomic mass is 19.4. The molecule has 4 nitrogen and oxygen atoms in total. The fourth-order valence-electron chi connectivity index (χ4n) is 8.21. The second kappa shape index (κ2) is 13.5. The van der Waals surface area contributed by atoms with E-state index in [2.05, 4.69) is 16.8 Å². The molecule has 1 aliphatic heterocycles. The van der Waals surface area contributed by atoms with E-state index in [0.29, 0.717) is 12.1 Å². The Hall–Kier alpha value is -1.03. The summed E-state index contributed by atoms with van der Waals surface area (Å²) in [6, 6.07) is 0.931. The summed E-state index contributed by atoms with van der Waals surface area (Å²) in [7, 11) is 3.93. The highest BCUT2D eigenvalue weighted by molar-refractivity contribution is 5.82. The maximum Gasteiger partial charge on any atom is 0.391 e. The van der Waals surface area contributed by atoms with Crippen molar-refractivity contribution in [3.05, 3.63) is 0 Å². The number of hydrogen-bond acceptors (Lipinski definition) is 3. The van der Waals surface area contributed by atoms with E-state index in [4.69, 9.17) is 0 Å². The summed E-state index contributed by atoms with van der Waals surface area (Å²) >= 11 is 0. The van der Waals surface area contributed by atoms with Crippen LogP contribution in [0.15, 0.2) is 0 Å². The van der Waals surface area contributed by atoms with Gasteiger partial charge in [0.1, 0.15) is 0 Å². The van der Waals surface area contributed by atoms with Crippen LogP contribution in [0.1, 0.15) is 96.3 Å². The van der Waals surface area contributed by atoms with Gasteiger partial charge in [0.25, 0.3) is 0 Å². The molecule has 4 fully saturated rings. The van der Waals surface area contributed by atoms with E-state index in [1.54, 1.807) is 11.9 Å². The van der Waals surface area contributed by atoms with E-state index in [-0.39, 0.29) is 43.7 Å². The van der Waals surface area contributed by atoms with Crippen molar-refractivity contribution >= 4 is 5.91 Å². The van der Waals surface area contributed by atoms with Crippen molar-refractivity contribution < 1.29 is 31.1 Å². The Kier molecular flexibility index (Phi) is 10.8. The van der Waals surface area contributed by atoms with E-state index in [9.17, 15) is 31.1 Å². The minimum atomic E-state index is -4.63. The molecule has 3 aliphatic carbocycles. The smallest absolute Gasteiger partial charge is 0.344 e. The Morgan fingerprint density at radius 2 is 1.25 bits per heavy atom. The Morgan fingerprint density at radius 1 is 0.750 bits per heavy atom. The summed E-state index contributed by atoms with van der Waals surface area (Å²) in [6.07, 6.45) is 1.98. The number of hydrogen-bond donors (Lipinski definition) is 0. The lowest BCUT2D eigenvalue weighted by atomic mass is 9.73. The van der Waals surface area contributed by atoms with E-state index < -0.39 is 36.5 Å². The van der Waals surface area contributed by atoms with Gasteiger partial charge in [-0.25, -0.2) is 0 Å². The number of piperidine rings is 1. The van der Waals surface area contributed by atoms with Crippen LogP contribution in [0.5, 0.6) is 0 Å². The monoisotopic (exact) mass is 581 g/mol. The van der Waals surface area contributed by atoms with Gasteiger partial charge in [-0.1, -0.05) is 32.1 Å². The molecule has 1 amide bonds. The standard InChI is InChI=1S/C30H49F6N3O/c1-37(15-12-21-18-23(29(31,32)33)20-24(19-21)30(34,35)36)28(40)27(22-8-4-3-5-9-22)39-16-13-26(14-17-39)38(2)25-10-6-7-11-25/h21-27H,3-20H2,1-2H3. The zero-order valence-corrected chi connectivity index (χ0v) is 24.3. The lowest BCUT2D eigenvalue weighted by Gasteiger charge is -2.45. The van der Waals surface area contributed by atoms with Gasteiger partial charge >= 0.3 is 12.4 Å². The van der Waals surface area contributed by atoms with Crippen molar-refractivity contribution in [1.29, 1.82) is 0 Å². The first-order valence-corrected chi connectivity index (χ1v) is 15.7. The van der Waals surface area contributed by atoms with Crippen molar-refractivity contribution in [2.75, 3.05) is 33.7 Å². The second-order valence-electron chi connectivity index (χ2n) is 13.3. The van der Waals surface area contributed by atoms with Crippen LogP contribution in [0, 0.1) is 23.7 Å². The number of alkyl halides is 6. The number of halogens is 6. The molecule has 10 heteroatoms. The Balaban J connectivity index is 1.37. The van der Waals surface area contributed by atoms with Crippen LogP contribution < -0.4 is 0 Å². The quantitative estimate of drug-likeness (QED) is 0.282. The second-order valence-corrected chi connectivity index (χ2v) is 13.3. The van der Waals surface area contributed by atoms with Gasteiger partial charge in [0.05, 0.1) is 17.9 Å². The SMILES string of the molecule is CN(CCC1CC(C(F)(F)F)CC(C(F)(F)F)C1)C(=O)C(C1CCCCC1)N1CCC(N(C)C2CCCC2)CC1. The zero-order valence-electron chi connectivity index (χ0n) is 24.3. The number of carbonyl (C=O) groups is 1. The Labute approximate surface area is 236 Å². The van der Waals surface area contributed by atoms with Gasteiger partial charge in [-0.15, -0.1) is 0 Å². The molecule has 3 saturated carbocycles. The van der Waals surface area contributed by atoms with Gasteiger partial charge in [-0.3, -0.25) is 9.69 Å². The molecule has 0 bridgehead atoms. The predicted molar refractivity (Wildman–Crippen MR) is 144 cm³/mol. The van der Waals surface area contributed by atoms with Gasteiger partial charge in [0.2, 0.25) is 5.91 Å². The van der Waals surface area contributed by atoms with E-state index in [1.165, 1.54) is 32.1 Å². The summed E-state index contributed by atoms with van der Waals surface area (Å²) in [6.45, 7) is 1.90. The minimum Gasteiger partial charge on any atom is -0.344 e. The van der Waals surface area contributed by atoms with Crippen molar-refractivity contribution in [2.45, 2.75) is 127 Å². The summed E-state index contributed by atoms with van der Waals surface area (Å²) in [5.74, 6) is -4.32. The van der Waals surface area contributed by atoms with Crippen LogP contribution in [0.4, 0.5) is 26.3 Å². The third kappa shape index (κ3) is 8.07. The molecule has 0 aromatic rings. The van der Waals surface area contributed by atoms with Crippen molar-refractivity contribution in [3.8, 4) is 0 Å². The Bertz CT molecular complexity index is 778. The number of nitrogens with zero attached hydrogens (tertiary/aromatic N) is 3. The first-order valence-electron chi connectivity index (χ1n) is 15.7. The van der Waals surface area contributed by atoms with Gasteiger partial charge < -0.3 is 9.80 Å². The highest BCUT2D eigenvalue weighted by Gasteiger charge is 2.51. The number of carbonyl (C=O) groups excluding carboxylic acids is 1. The van der Waals surface area contributed by atoms with E-state index in [1.807, 2.05) is 0 Å². The van der Waals surface area contributed by atoms with Crippen molar-refractivity contribution in [3.63, 3.8) is 0 Å². The number of rotatable bonds is 8. The molecular weight excluding hydrogens is 532 g/mol. The van der Waals surface area contributed by atoms with Crippen LogP contribution >= 0.6 is 0 Å². The molecular formula is C30H49F6N3O. The Morgan fingerprint density at radius 3 is 1.77 bits per heavy atom. The first-order chi connectivity index (χ1) is 18.8. The van der Waals surface area contributed by atoms with Gasteiger partial charge in [-0.05, 0) is 83.1 Å². The lowest BCUT2D eigenvalue weighted by molar-refractivity contribution is -0.229. The largest absolute Gasteiger partial charge is 0.391 e. The molecule has 0 N–H and O–H groups in total. The highest BCUT2D eigenvalue weighted by Crippen LogP contribution is 2.48. The van der Waals surface area contributed by atoms with Crippen LogP contribution in [0.25, 0.3) is 0 Å². The third-order valence-corrected chi connectivity index (χ3v) is 10.7. The average Bonchev–Trinajstić information content (AvgIpc) is 3.46. The fourth-order valence-corrected chi connectivity index (χ4v) is 8.21. The molecule has 1 saturated heterocycles. The van der Waals surface area contributed by atoms with Crippen LogP contribution in [-0.2, 0) is 4.79 Å². The van der Waals surface area contributed by atoms with Crippen LogP contribution in [0.3, 0.4) is 0 Å². The van der Waals surface area contributed by atoms with Crippen molar-refractivity contribution in [2.24, 2.45) is 23.7 Å². The molecule has 3 atom stereocenters. The molecule has 0 aromatic heterocycles. The maximum atomic E-state index is 13.9. The van der Waals surface area contributed by atoms with E-state index in [0.717, 1.165) is 51.6 Å². The number of likely N-dealkylation sites (N-methyl/N-ethyl adjacent to an activating group) is 1. The topological polar surface area (TPSA) is 26.8 Å². The minimum absolute atomic E-state index is 0.00921. The maximum absolute atomic E-state index is 13.9. The summed E-state index contributed by atoms with van der Waals surface area (Å²) in [4.78, 5) is 20.4. The number of amides is 1. The van der Waals surface area contributed by atoms with E-state index >= 15 is 0 Å². The normalized spacial score (nSPS) is 29.7. The fraction of sp³-hybridized carbons (Fsp3) is 0.967. The molecule has 0 radical (unpaired) electrons. The zero-order chi connectivity index (χ0) is 29.1. The third-order valence-electron chi connectivity index (χ3n) is 10.7.